The molecule has 1 fully saturated rings. The van der Waals surface area contributed by atoms with Crippen molar-refractivity contribution in [2.75, 3.05) is 32.5 Å². The van der Waals surface area contributed by atoms with E-state index in [4.69, 9.17) is 10.5 Å². The average molecular weight is 284 g/mol. The van der Waals surface area contributed by atoms with Crippen molar-refractivity contribution in [3.05, 3.63) is 29.3 Å². The Bertz CT molecular complexity index is 502. The molecule has 1 aromatic carbocycles. The van der Waals surface area contributed by atoms with Crippen molar-refractivity contribution >= 4 is 11.6 Å². The van der Waals surface area contributed by atoms with Crippen LogP contribution in [-0.4, -0.2) is 37.6 Å². The molecular formula is C14H18F2N2O2. The Labute approximate surface area is 116 Å². The highest BCUT2D eigenvalue weighted by Crippen LogP contribution is 2.21. The number of nitrogen functional groups attached to an aromatic ring is 1. The Morgan fingerprint density at radius 1 is 1.35 bits per heavy atom. The number of carbonyl (C=O) groups is 1. The maximum Gasteiger partial charge on any atom is 0.255 e. The largest absolute Gasteiger partial charge is 0.398 e. The van der Waals surface area contributed by atoms with Crippen LogP contribution in [0.1, 0.15) is 23.2 Å². The van der Waals surface area contributed by atoms with E-state index < -0.39 is 17.5 Å². The Morgan fingerprint density at radius 3 is 2.60 bits per heavy atom. The van der Waals surface area contributed by atoms with Crippen LogP contribution >= 0.6 is 0 Å². The van der Waals surface area contributed by atoms with Gasteiger partial charge in [-0.05, 0) is 24.8 Å². The van der Waals surface area contributed by atoms with E-state index in [9.17, 15) is 13.6 Å². The van der Waals surface area contributed by atoms with Gasteiger partial charge in [-0.2, -0.15) is 0 Å². The first kappa shape index (κ1) is 14.7. The van der Waals surface area contributed by atoms with Crippen molar-refractivity contribution in [3.8, 4) is 0 Å². The van der Waals surface area contributed by atoms with E-state index in [1.165, 1.54) is 4.90 Å². The molecule has 4 nitrogen and oxygen atoms in total. The predicted molar refractivity (Wildman–Crippen MR) is 71.3 cm³/mol. The number of amides is 1. The van der Waals surface area contributed by atoms with Gasteiger partial charge in [-0.3, -0.25) is 4.79 Å². The second-order valence-corrected chi connectivity index (χ2v) is 5.09. The first-order valence-electron chi connectivity index (χ1n) is 6.56. The van der Waals surface area contributed by atoms with E-state index in [-0.39, 0.29) is 11.3 Å². The van der Waals surface area contributed by atoms with Gasteiger partial charge in [0.15, 0.2) is 11.6 Å². The third-order valence-electron chi connectivity index (χ3n) is 3.54. The summed E-state index contributed by atoms with van der Waals surface area (Å²) >= 11 is 0. The summed E-state index contributed by atoms with van der Waals surface area (Å²) in [6, 6.07) is 1.69. The molecule has 1 aromatic rings. The van der Waals surface area contributed by atoms with Crippen LogP contribution in [0.3, 0.4) is 0 Å². The summed E-state index contributed by atoms with van der Waals surface area (Å²) in [4.78, 5) is 13.7. The Hall–Kier alpha value is -1.69. The molecule has 1 heterocycles. The van der Waals surface area contributed by atoms with E-state index in [1.54, 1.807) is 7.05 Å². The Morgan fingerprint density at radius 2 is 1.95 bits per heavy atom. The molecule has 0 aliphatic carbocycles. The second-order valence-electron chi connectivity index (χ2n) is 5.09. The molecule has 0 bridgehead atoms. The number of ether oxygens (including phenoxy) is 1. The summed E-state index contributed by atoms with van der Waals surface area (Å²) < 4.78 is 31.5. The van der Waals surface area contributed by atoms with Crippen LogP contribution in [0, 0.1) is 17.6 Å². The monoisotopic (exact) mass is 284 g/mol. The third-order valence-corrected chi connectivity index (χ3v) is 3.54. The minimum atomic E-state index is -1.07. The van der Waals surface area contributed by atoms with E-state index in [2.05, 4.69) is 0 Å². The van der Waals surface area contributed by atoms with E-state index in [0.717, 1.165) is 25.0 Å². The highest BCUT2D eigenvalue weighted by molar-refractivity contribution is 5.99. The summed E-state index contributed by atoms with van der Waals surface area (Å²) in [5.41, 5.74) is 5.54. The smallest absolute Gasteiger partial charge is 0.255 e. The van der Waals surface area contributed by atoms with Crippen molar-refractivity contribution in [1.29, 1.82) is 0 Å². The standard InChI is InChI=1S/C14H18F2N2O2/c1-18(8-9-2-4-20-5-3-9)14(19)10-6-11(15)12(16)7-13(10)17/h6-7,9H,2-5,8,17H2,1H3. The lowest BCUT2D eigenvalue weighted by atomic mass is 9.99. The first-order chi connectivity index (χ1) is 9.49. The molecule has 6 heteroatoms. The Balaban J connectivity index is 2.08. The molecule has 1 saturated heterocycles. The number of anilines is 1. The van der Waals surface area contributed by atoms with Crippen LogP contribution in [0.5, 0.6) is 0 Å². The number of nitrogens with zero attached hydrogens (tertiary/aromatic N) is 1. The molecule has 1 aliphatic heterocycles. The van der Waals surface area contributed by atoms with Crippen LogP contribution < -0.4 is 5.73 Å². The van der Waals surface area contributed by atoms with E-state index >= 15 is 0 Å². The maximum absolute atomic E-state index is 13.2. The van der Waals surface area contributed by atoms with Crippen LogP contribution in [0.15, 0.2) is 12.1 Å². The lowest BCUT2D eigenvalue weighted by Gasteiger charge is -2.27. The number of halogens is 2. The zero-order chi connectivity index (χ0) is 14.7. The van der Waals surface area contributed by atoms with Gasteiger partial charge in [0.1, 0.15) is 0 Å². The highest BCUT2D eigenvalue weighted by Gasteiger charge is 2.22. The highest BCUT2D eigenvalue weighted by atomic mass is 19.2. The Kier molecular flexibility index (Phi) is 4.54. The summed E-state index contributed by atoms with van der Waals surface area (Å²) in [5, 5.41) is 0. The third kappa shape index (κ3) is 3.25. The zero-order valence-electron chi connectivity index (χ0n) is 11.4. The molecule has 110 valence electrons. The second kappa shape index (κ2) is 6.17. The number of hydrogen-bond acceptors (Lipinski definition) is 3. The van der Waals surface area contributed by atoms with Crippen molar-refractivity contribution < 1.29 is 18.3 Å². The molecule has 0 aromatic heterocycles. The number of hydrogen-bond donors (Lipinski definition) is 1. The van der Waals surface area contributed by atoms with E-state index in [0.29, 0.717) is 25.7 Å². The van der Waals surface area contributed by atoms with Crippen LogP contribution in [-0.2, 0) is 4.74 Å². The van der Waals surface area contributed by atoms with Crippen LogP contribution in [0.4, 0.5) is 14.5 Å². The topological polar surface area (TPSA) is 55.6 Å². The lowest BCUT2D eigenvalue weighted by molar-refractivity contribution is 0.0497. The molecule has 20 heavy (non-hydrogen) atoms. The minimum Gasteiger partial charge on any atom is -0.398 e. The average Bonchev–Trinajstić information content (AvgIpc) is 2.43. The quantitative estimate of drug-likeness (QED) is 0.864. The molecule has 0 unspecified atom stereocenters. The van der Waals surface area contributed by atoms with Gasteiger partial charge < -0.3 is 15.4 Å². The summed E-state index contributed by atoms with van der Waals surface area (Å²) in [5.74, 6) is -2.15. The predicted octanol–water partition coefficient (Wildman–Crippen LogP) is 2.05. The fourth-order valence-electron chi connectivity index (χ4n) is 2.35. The summed E-state index contributed by atoms with van der Waals surface area (Å²) in [7, 11) is 1.64. The van der Waals surface area contributed by atoms with Crippen LogP contribution in [0.2, 0.25) is 0 Å². The normalized spacial score (nSPS) is 16.1. The molecule has 1 amide bonds. The lowest BCUT2D eigenvalue weighted by Crippen LogP contribution is -2.34. The van der Waals surface area contributed by atoms with E-state index in [1.807, 2.05) is 0 Å². The van der Waals surface area contributed by atoms with Crippen molar-refractivity contribution in [2.45, 2.75) is 12.8 Å². The SMILES string of the molecule is CN(CC1CCOCC1)C(=O)c1cc(F)c(F)cc1N. The number of carbonyl (C=O) groups excluding carboxylic acids is 1. The van der Waals surface area contributed by atoms with Crippen molar-refractivity contribution in [1.82, 2.24) is 4.90 Å². The van der Waals surface area contributed by atoms with Gasteiger partial charge in [0.05, 0.1) is 5.56 Å². The van der Waals surface area contributed by atoms with Gasteiger partial charge in [0.25, 0.3) is 5.91 Å². The molecule has 0 spiro atoms. The fraction of sp³-hybridized carbons (Fsp3) is 0.500. The van der Waals surface area contributed by atoms with Gasteiger partial charge >= 0.3 is 0 Å². The molecule has 0 atom stereocenters. The number of nitrogens with two attached hydrogens (primary N) is 1. The molecule has 2 rings (SSSR count). The maximum atomic E-state index is 13.2. The fourth-order valence-corrected chi connectivity index (χ4v) is 2.35. The molecule has 0 saturated carbocycles. The van der Waals surface area contributed by atoms with Crippen molar-refractivity contribution in [3.63, 3.8) is 0 Å². The molecule has 2 N–H and O–H groups in total. The molecule has 1 aliphatic rings. The summed E-state index contributed by atoms with van der Waals surface area (Å²) in [6.45, 7) is 1.95. The molecule has 0 radical (unpaired) electrons. The van der Waals surface area contributed by atoms with Crippen LogP contribution in [0.25, 0.3) is 0 Å². The number of rotatable bonds is 3. The van der Waals surface area contributed by atoms with Gasteiger partial charge in [-0.1, -0.05) is 0 Å². The van der Waals surface area contributed by atoms with Gasteiger partial charge in [0, 0.05) is 38.6 Å². The van der Waals surface area contributed by atoms with Gasteiger partial charge in [-0.15, -0.1) is 0 Å². The minimum absolute atomic E-state index is 0.00143. The number of benzene rings is 1. The zero-order valence-corrected chi connectivity index (χ0v) is 11.4. The first-order valence-corrected chi connectivity index (χ1v) is 6.56. The molecular weight excluding hydrogens is 266 g/mol. The van der Waals surface area contributed by atoms with Crippen molar-refractivity contribution in [2.24, 2.45) is 5.92 Å². The van der Waals surface area contributed by atoms with Gasteiger partial charge in [0.2, 0.25) is 0 Å². The van der Waals surface area contributed by atoms with Gasteiger partial charge in [-0.25, -0.2) is 8.78 Å². The summed E-state index contributed by atoms with van der Waals surface area (Å²) in [6.07, 6.45) is 1.79.